The fraction of sp³-hybridized carbons (Fsp3) is 0.538. The van der Waals surface area contributed by atoms with Gasteiger partial charge in [0.1, 0.15) is 5.56 Å². The third-order valence-corrected chi connectivity index (χ3v) is 3.86. The second kappa shape index (κ2) is 4.77. The molecule has 0 bridgehead atoms. The number of anilines is 1. The van der Waals surface area contributed by atoms with Crippen molar-refractivity contribution in [1.29, 1.82) is 0 Å². The molecule has 0 spiro atoms. The smallest absolute Gasteiger partial charge is 0.338 e. The molecule has 2 aliphatic rings. The number of carboxylic acid groups (broad SMARTS) is 1. The van der Waals surface area contributed by atoms with Crippen molar-refractivity contribution in [2.24, 2.45) is 0 Å². The van der Waals surface area contributed by atoms with Gasteiger partial charge in [-0.15, -0.1) is 0 Å². The Morgan fingerprint density at radius 2 is 2.37 bits per heavy atom. The molecule has 2 fully saturated rings. The summed E-state index contributed by atoms with van der Waals surface area (Å²) in [5, 5.41) is 8.96. The first-order valence-electron chi connectivity index (χ1n) is 6.44. The van der Waals surface area contributed by atoms with Crippen LogP contribution < -0.4 is 4.90 Å². The van der Waals surface area contributed by atoms with Gasteiger partial charge in [-0.1, -0.05) is 0 Å². The number of pyridine rings is 1. The van der Waals surface area contributed by atoms with E-state index in [-0.39, 0.29) is 23.5 Å². The van der Waals surface area contributed by atoms with Crippen molar-refractivity contribution in [3.05, 3.63) is 23.6 Å². The van der Waals surface area contributed by atoms with Crippen molar-refractivity contribution < 1.29 is 19.0 Å². The van der Waals surface area contributed by atoms with Crippen LogP contribution >= 0.6 is 0 Å². The highest BCUT2D eigenvalue weighted by molar-refractivity contribution is 5.88. The van der Waals surface area contributed by atoms with Crippen LogP contribution in [-0.4, -0.2) is 41.4 Å². The van der Waals surface area contributed by atoms with Gasteiger partial charge in [-0.25, -0.2) is 14.2 Å². The number of hydrogen-bond acceptors (Lipinski definition) is 4. The third-order valence-electron chi connectivity index (χ3n) is 3.86. The van der Waals surface area contributed by atoms with Crippen LogP contribution in [0.4, 0.5) is 10.2 Å². The highest BCUT2D eigenvalue weighted by Crippen LogP contribution is 2.33. The Labute approximate surface area is 110 Å². The van der Waals surface area contributed by atoms with Gasteiger partial charge in [-0.3, -0.25) is 0 Å². The van der Waals surface area contributed by atoms with Crippen molar-refractivity contribution in [1.82, 2.24) is 4.98 Å². The van der Waals surface area contributed by atoms with Crippen LogP contribution in [0.15, 0.2) is 12.3 Å². The lowest BCUT2D eigenvalue weighted by molar-refractivity contribution is 0.0250. The molecule has 6 heteroatoms. The van der Waals surface area contributed by atoms with Gasteiger partial charge in [-0.2, -0.15) is 0 Å². The van der Waals surface area contributed by atoms with Gasteiger partial charge in [-0.05, 0) is 25.3 Å². The van der Waals surface area contributed by atoms with Crippen LogP contribution in [-0.2, 0) is 4.74 Å². The monoisotopic (exact) mass is 266 g/mol. The minimum Gasteiger partial charge on any atom is -0.478 e. The standard InChI is InChI=1S/C13H15FN2O3/c14-11-8(13(17)18)4-5-15-12(11)16-6-7-19-10-3-1-2-9(10)16/h4-5,9-10H,1-3,6-7H2,(H,17,18). The first kappa shape index (κ1) is 12.3. The first-order valence-corrected chi connectivity index (χ1v) is 6.44. The highest BCUT2D eigenvalue weighted by atomic mass is 19.1. The number of fused-ring (bicyclic) bond motifs is 1. The van der Waals surface area contributed by atoms with E-state index in [0.29, 0.717) is 13.2 Å². The molecule has 1 aromatic rings. The molecule has 1 saturated carbocycles. The molecular weight excluding hydrogens is 251 g/mol. The third kappa shape index (κ3) is 2.06. The average Bonchev–Trinajstić information content (AvgIpc) is 2.87. The van der Waals surface area contributed by atoms with Crippen molar-refractivity contribution in [2.45, 2.75) is 31.4 Å². The predicted molar refractivity (Wildman–Crippen MR) is 65.9 cm³/mol. The van der Waals surface area contributed by atoms with Gasteiger partial charge in [0, 0.05) is 12.7 Å². The van der Waals surface area contributed by atoms with Gasteiger partial charge in [0.2, 0.25) is 0 Å². The predicted octanol–water partition coefficient (Wildman–Crippen LogP) is 1.68. The summed E-state index contributed by atoms with van der Waals surface area (Å²) in [5.74, 6) is -1.87. The van der Waals surface area contributed by atoms with Crippen LogP contribution in [0, 0.1) is 5.82 Å². The zero-order valence-electron chi connectivity index (χ0n) is 10.4. The van der Waals surface area contributed by atoms with E-state index in [2.05, 4.69) is 4.98 Å². The second-order valence-electron chi connectivity index (χ2n) is 4.90. The minimum absolute atomic E-state index is 0.111. The number of carbonyl (C=O) groups is 1. The summed E-state index contributed by atoms with van der Waals surface area (Å²) in [5.41, 5.74) is -0.328. The minimum atomic E-state index is -1.27. The summed E-state index contributed by atoms with van der Waals surface area (Å²) < 4.78 is 19.9. The molecule has 102 valence electrons. The molecular formula is C13H15FN2O3. The quantitative estimate of drug-likeness (QED) is 0.882. The van der Waals surface area contributed by atoms with Crippen molar-refractivity contribution in [3.8, 4) is 0 Å². The number of aromatic carboxylic acids is 1. The Balaban J connectivity index is 1.97. The molecule has 0 radical (unpaired) electrons. The van der Waals surface area contributed by atoms with E-state index in [1.807, 2.05) is 4.90 Å². The Kier molecular flexibility index (Phi) is 3.10. The molecule has 2 unspecified atom stereocenters. The Bertz CT molecular complexity index is 509. The Morgan fingerprint density at radius 1 is 1.53 bits per heavy atom. The average molecular weight is 266 g/mol. The van der Waals surface area contributed by atoms with E-state index >= 15 is 0 Å². The number of aromatic nitrogens is 1. The summed E-state index contributed by atoms with van der Waals surface area (Å²) in [7, 11) is 0. The molecule has 0 aromatic carbocycles. The number of morpholine rings is 1. The highest BCUT2D eigenvalue weighted by Gasteiger charge is 2.38. The molecule has 19 heavy (non-hydrogen) atoms. The van der Waals surface area contributed by atoms with Crippen molar-refractivity contribution >= 4 is 11.8 Å². The van der Waals surface area contributed by atoms with Crippen LogP contribution in [0.1, 0.15) is 29.6 Å². The van der Waals surface area contributed by atoms with E-state index in [1.165, 1.54) is 12.3 Å². The number of halogens is 1. The lowest BCUT2D eigenvalue weighted by Crippen LogP contribution is -2.49. The molecule has 2 heterocycles. The fourth-order valence-corrected chi connectivity index (χ4v) is 2.99. The number of ether oxygens (including phenoxy) is 1. The van der Waals surface area contributed by atoms with Gasteiger partial charge < -0.3 is 14.7 Å². The van der Waals surface area contributed by atoms with E-state index in [4.69, 9.17) is 9.84 Å². The number of carboxylic acids is 1. The van der Waals surface area contributed by atoms with Gasteiger partial charge >= 0.3 is 5.97 Å². The lowest BCUT2D eigenvalue weighted by Gasteiger charge is -2.38. The zero-order chi connectivity index (χ0) is 13.4. The summed E-state index contributed by atoms with van der Waals surface area (Å²) in [6, 6.07) is 1.30. The van der Waals surface area contributed by atoms with Crippen LogP contribution in [0.3, 0.4) is 0 Å². The lowest BCUT2D eigenvalue weighted by atomic mass is 10.1. The van der Waals surface area contributed by atoms with Crippen molar-refractivity contribution in [3.63, 3.8) is 0 Å². The van der Waals surface area contributed by atoms with Gasteiger partial charge in [0.25, 0.3) is 0 Å². The summed E-state index contributed by atoms with van der Waals surface area (Å²) in [4.78, 5) is 16.9. The fourth-order valence-electron chi connectivity index (χ4n) is 2.99. The normalized spacial score (nSPS) is 26.3. The molecule has 1 saturated heterocycles. The van der Waals surface area contributed by atoms with E-state index < -0.39 is 11.8 Å². The first-order chi connectivity index (χ1) is 9.18. The maximum absolute atomic E-state index is 14.2. The number of rotatable bonds is 2. The summed E-state index contributed by atoms with van der Waals surface area (Å²) >= 11 is 0. The topological polar surface area (TPSA) is 62.7 Å². The Morgan fingerprint density at radius 3 is 3.16 bits per heavy atom. The van der Waals surface area contributed by atoms with Gasteiger partial charge in [0.05, 0.1) is 18.8 Å². The molecule has 1 aliphatic carbocycles. The van der Waals surface area contributed by atoms with E-state index in [9.17, 15) is 9.18 Å². The molecule has 3 rings (SSSR count). The molecule has 0 amide bonds. The largest absolute Gasteiger partial charge is 0.478 e. The van der Waals surface area contributed by atoms with Crippen LogP contribution in [0.5, 0.6) is 0 Å². The SMILES string of the molecule is O=C(O)c1ccnc(N2CCOC3CCCC32)c1F. The van der Waals surface area contributed by atoms with Crippen LogP contribution in [0.25, 0.3) is 0 Å². The number of nitrogens with zero attached hydrogens (tertiary/aromatic N) is 2. The molecule has 1 aliphatic heterocycles. The van der Waals surface area contributed by atoms with Gasteiger partial charge in [0.15, 0.2) is 11.6 Å². The van der Waals surface area contributed by atoms with E-state index in [1.54, 1.807) is 0 Å². The maximum Gasteiger partial charge on any atom is 0.338 e. The zero-order valence-corrected chi connectivity index (χ0v) is 10.4. The second-order valence-corrected chi connectivity index (χ2v) is 4.90. The van der Waals surface area contributed by atoms with E-state index in [0.717, 1.165) is 19.3 Å². The summed E-state index contributed by atoms with van der Waals surface area (Å²) in [6.45, 7) is 1.08. The molecule has 2 atom stereocenters. The molecule has 1 aromatic heterocycles. The maximum atomic E-state index is 14.2. The number of hydrogen-bond donors (Lipinski definition) is 1. The van der Waals surface area contributed by atoms with Crippen LogP contribution in [0.2, 0.25) is 0 Å². The molecule has 5 nitrogen and oxygen atoms in total. The summed E-state index contributed by atoms with van der Waals surface area (Å²) in [6.07, 6.45) is 4.42. The molecule has 1 N–H and O–H groups in total. The van der Waals surface area contributed by atoms with Crippen molar-refractivity contribution in [2.75, 3.05) is 18.1 Å². The Hall–Kier alpha value is -1.69.